The molecule has 0 radical (unpaired) electrons. The zero-order valence-corrected chi connectivity index (χ0v) is 11.4. The summed E-state index contributed by atoms with van der Waals surface area (Å²) in [7, 11) is 0. The molecule has 1 aromatic rings. The molecule has 1 spiro atoms. The summed E-state index contributed by atoms with van der Waals surface area (Å²) in [4.78, 5) is 14.8. The SMILES string of the molecule is Cc1ccccc1C1NC2(CC2)C(=O)N1C1CCC1. The normalized spacial score (nSPS) is 28.8. The van der Waals surface area contributed by atoms with Gasteiger partial charge in [-0.25, -0.2) is 0 Å². The van der Waals surface area contributed by atoms with E-state index in [-0.39, 0.29) is 11.7 Å². The molecule has 1 saturated heterocycles. The van der Waals surface area contributed by atoms with Crippen LogP contribution in [0.1, 0.15) is 49.4 Å². The number of hydrogen-bond acceptors (Lipinski definition) is 2. The van der Waals surface area contributed by atoms with Crippen molar-refractivity contribution in [3.63, 3.8) is 0 Å². The van der Waals surface area contributed by atoms with Crippen LogP contribution in [0.5, 0.6) is 0 Å². The fraction of sp³-hybridized carbons (Fsp3) is 0.562. The Hall–Kier alpha value is -1.35. The summed E-state index contributed by atoms with van der Waals surface area (Å²) in [5.74, 6) is 0.352. The van der Waals surface area contributed by atoms with E-state index < -0.39 is 0 Å². The van der Waals surface area contributed by atoms with E-state index in [1.54, 1.807) is 0 Å². The summed E-state index contributed by atoms with van der Waals surface area (Å²) in [6.07, 6.45) is 5.73. The third-order valence-electron chi connectivity index (χ3n) is 5.04. The molecular weight excluding hydrogens is 236 g/mol. The van der Waals surface area contributed by atoms with E-state index in [0.29, 0.717) is 11.9 Å². The lowest BCUT2D eigenvalue weighted by molar-refractivity contribution is -0.134. The Morgan fingerprint density at radius 3 is 2.58 bits per heavy atom. The summed E-state index contributed by atoms with van der Waals surface area (Å²) in [5, 5.41) is 3.62. The summed E-state index contributed by atoms with van der Waals surface area (Å²) in [5.41, 5.74) is 2.34. The maximum absolute atomic E-state index is 12.7. The van der Waals surface area contributed by atoms with Gasteiger partial charge in [-0.3, -0.25) is 10.1 Å². The lowest BCUT2D eigenvalue weighted by atomic mass is 9.90. The summed E-state index contributed by atoms with van der Waals surface area (Å²) < 4.78 is 0. The molecule has 4 rings (SSSR count). The summed E-state index contributed by atoms with van der Waals surface area (Å²) in [6.45, 7) is 2.14. The van der Waals surface area contributed by atoms with Gasteiger partial charge in [0.15, 0.2) is 0 Å². The number of amides is 1. The highest BCUT2D eigenvalue weighted by Crippen LogP contribution is 2.49. The van der Waals surface area contributed by atoms with Crippen LogP contribution in [-0.2, 0) is 4.79 Å². The predicted octanol–water partition coefficient (Wildman–Crippen LogP) is 2.51. The van der Waals surface area contributed by atoms with Crippen LogP contribution in [0.4, 0.5) is 0 Å². The monoisotopic (exact) mass is 256 g/mol. The molecule has 0 aromatic heterocycles. The predicted molar refractivity (Wildman–Crippen MR) is 73.5 cm³/mol. The van der Waals surface area contributed by atoms with Gasteiger partial charge >= 0.3 is 0 Å². The first kappa shape index (κ1) is 11.5. The van der Waals surface area contributed by atoms with Crippen LogP contribution in [0.2, 0.25) is 0 Å². The third kappa shape index (κ3) is 1.57. The third-order valence-corrected chi connectivity index (χ3v) is 5.04. The van der Waals surface area contributed by atoms with Crippen molar-refractivity contribution in [1.29, 1.82) is 0 Å². The van der Waals surface area contributed by atoms with Crippen molar-refractivity contribution >= 4 is 5.91 Å². The van der Waals surface area contributed by atoms with Gasteiger partial charge in [0, 0.05) is 6.04 Å². The molecule has 1 amide bonds. The number of rotatable bonds is 2. The van der Waals surface area contributed by atoms with Gasteiger partial charge < -0.3 is 4.90 Å². The van der Waals surface area contributed by atoms with E-state index in [4.69, 9.17) is 0 Å². The highest BCUT2D eigenvalue weighted by molar-refractivity contribution is 5.92. The molecule has 1 aromatic carbocycles. The van der Waals surface area contributed by atoms with E-state index in [0.717, 1.165) is 12.8 Å². The zero-order valence-electron chi connectivity index (χ0n) is 11.4. The minimum Gasteiger partial charge on any atom is -0.318 e. The van der Waals surface area contributed by atoms with Crippen LogP contribution in [0, 0.1) is 6.92 Å². The Labute approximate surface area is 114 Å². The molecule has 1 atom stereocenters. The average molecular weight is 256 g/mol. The van der Waals surface area contributed by atoms with Crippen molar-refractivity contribution in [3.05, 3.63) is 35.4 Å². The van der Waals surface area contributed by atoms with Gasteiger partial charge in [-0.15, -0.1) is 0 Å². The number of carbonyl (C=O) groups is 1. The lowest BCUT2D eigenvalue weighted by Gasteiger charge is -2.38. The van der Waals surface area contributed by atoms with Crippen molar-refractivity contribution < 1.29 is 4.79 Å². The van der Waals surface area contributed by atoms with Crippen molar-refractivity contribution in [1.82, 2.24) is 10.2 Å². The molecule has 1 heterocycles. The van der Waals surface area contributed by atoms with Crippen molar-refractivity contribution in [2.75, 3.05) is 0 Å². The molecule has 0 bridgehead atoms. The number of benzene rings is 1. The van der Waals surface area contributed by atoms with Crippen molar-refractivity contribution in [2.45, 2.75) is 56.8 Å². The second-order valence-electron chi connectivity index (χ2n) is 6.28. The maximum Gasteiger partial charge on any atom is 0.244 e. The maximum atomic E-state index is 12.7. The largest absolute Gasteiger partial charge is 0.318 e. The van der Waals surface area contributed by atoms with Crippen LogP contribution in [-0.4, -0.2) is 22.4 Å². The summed E-state index contributed by atoms with van der Waals surface area (Å²) in [6, 6.07) is 8.90. The smallest absolute Gasteiger partial charge is 0.244 e. The minimum atomic E-state index is -0.206. The van der Waals surface area contributed by atoms with Crippen LogP contribution in [0.15, 0.2) is 24.3 Å². The first-order valence-corrected chi connectivity index (χ1v) is 7.37. The van der Waals surface area contributed by atoms with Gasteiger partial charge in [0.25, 0.3) is 0 Å². The highest BCUT2D eigenvalue weighted by atomic mass is 16.2. The van der Waals surface area contributed by atoms with E-state index >= 15 is 0 Å². The van der Waals surface area contributed by atoms with Gasteiger partial charge in [-0.2, -0.15) is 0 Å². The summed E-state index contributed by atoms with van der Waals surface area (Å²) >= 11 is 0. The van der Waals surface area contributed by atoms with Gasteiger partial charge in [0.05, 0.1) is 0 Å². The topological polar surface area (TPSA) is 32.3 Å². The van der Waals surface area contributed by atoms with Gasteiger partial charge in [-0.05, 0) is 50.2 Å². The molecule has 100 valence electrons. The molecule has 3 nitrogen and oxygen atoms in total. The standard InChI is InChI=1S/C16H20N2O/c1-11-5-2-3-8-13(11)14-17-16(9-10-16)15(19)18(14)12-6-4-7-12/h2-3,5,8,12,14,17H,4,6-7,9-10H2,1H3. The Balaban J connectivity index is 1.73. The Morgan fingerprint density at radius 1 is 1.26 bits per heavy atom. The van der Waals surface area contributed by atoms with Gasteiger partial charge in [-0.1, -0.05) is 24.3 Å². The lowest BCUT2D eigenvalue weighted by Crippen LogP contribution is -2.44. The molecule has 2 aliphatic carbocycles. The Bertz CT molecular complexity index is 531. The van der Waals surface area contributed by atoms with Crippen molar-refractivity contribution in [3.8, 4) is 0 Å². The minimum absolute atomic E-state index is 0.0986. The number of carbonyl (C=O) groups excluding carboxylic acids is 1. The number of aryl methyl sites for hydroxylation is 1. The molecular formula is C16H20N2O. The molecule has 3 heteroatoms. The molecule has 2 saturated carbocycles. The van der Waals surface area contributed by atoms with E-state index in [1.165, 1.54) is 30.4 Å². The second kappa shape index (κ2) is 3.83. The molecule has 1 N–H and O–H groups in total. The van der Waals surface area contributed by atoms with Gasteiger partial charge in [0.2, 0.25) is 5.91 Å². The fourth-order valence-electron chi connectivity index (χ4n) is 3.40. The molecule has 1 unspecified atom stereocenters. The van der Waals surface area contributed by atoms with E-state index in [2.05, 4.69) is 41.4 Å². The quantitative estimate of drug-likeness (QED) is 0.882. The van der Waals surface area contributed by atoms with Crippen LogP contribution in [0.3, 0.4) is 0 Å². The molecule has 3 fully saturated rings. The Kier molecular flexibility index (Phi) is 2.31. The molecule has 3 aliphatic rings. The molecule has 19 heavy (non-hydrogen) atoms. The fourth-order valence-corrected chi connectivity index (χ4v) is 3.40. The van der Waals surface area contributed by atoms with Gasteiger partial charge in [0.1, 0.15) is 11.7 Å². The van der Waals surface area contributed by atoms with E-state index in [1.807, 2.05) is 0 Å². The van der Waals surface area contributed by atoms with E-state index in [9.17, 15) is 4.79 Å². The van der Waals surface area contributed by atoms with Crippen LogP contribution in [0.25, 0.3) is 0 Å². The van der Waals surface area contributed by atoms with Crippen molar-refractivity contribution in [2.24, 2.45) is 0 Å². The molecule has 1 aliphatic heterocycles. The first-order valence-electron chi connectivity index (χ1n) is 7.37. The number of nitrogens with zero attached hydrogens (tertiary/aromatic N) is 1. The Morgan fingerprint density at radius 2 is 2.00 bits per heavy atom. The zero-order chi connectivity index (χ0) is 13.0. The average Bonchev–Trinajstić information content (AvgIpc) is 3.07. The first-order chi connectivity index (χ1) is 9.21. The number of nitrogens with one attached hydrogen (secondary N) is 1. The van der Waals surface area contributed by atoms with Crippen LogP contribution >= 0.6 is 0 Å². The second-order valence-corrected chi connectivity index (χ2v) is 6.28. The highest BCUT2D eigenvalue weighted by Gasteiger charge is 2.61. The number of hydrogen-bond donors (Lipinski definition) is 1. The van der Waals surface area contributed by atoms with Crippen LogP contribution < -0.4 is 5.32 Å².